The van der Waals surface area contributed by atoms with Gasteiger partial charge < -0.3 is 14.5 Å². The van der Waals surface area contributed by atoms with Crippen LogP contribution in [0.2, 0.25) is 0 Å². The molecule has 1 aromatic carbocycles. The van der Waals surface area contributed by atoms with E-state index in [-0.39, 0.29) is 12.0 Å². The molecule has 1 atom stereocenters. The van der Waals surface area contributed by atoms with Crippen molar-refractivity contribution in [3.63, 3.8) is 0 Å². The lowest BCUT2D eigenvalue weighted by molar-refractivity contribution is 0.0862. The Morgan fingerprint density at radius 2 is 2.29 bits per heavy atom. The zero-order valence-electron chi connectivity index (χ0n) is 13.0. The minimum absolute atomic E-state index is 0.155. The average Bonchev–Trinajstić information content (AvgIpc) is 3.33. The summed E-state index contributed by atoms with van der Waals surface area (Å²) in [6.45, 7) is 1.21. The van der Waals surface area contributed by atoms with E-state index in [0.29, 0.717) is 31.0 Å². The van der Waals surface area contributed by atoms with Gasteiger partial charge in [-0.05, 0) is 25.0 Å². The monoisotopic (exact) mass is 343 g/mol. The summed E-state index contributed by atoms with van der Waals surface area (Å²) in [7, 11) is 0. The highest BCUT2D eigenvalue weighted by molar-refractivity contribution is 7.18. The molecule has 4 rings (SSSR count). The van der Waals surface area contributed by atoms with Crippen LogP contribution in [0.5, 0.6) is 0 Å². The van der Waals surface area contributed by atoms with Crippen LogP contribution in [0.25, 0.3) is 10.2 Å². The van der Waals surface area contributed by atoms with Gasteiger partial charge in [-0.25, -0.2) is 9.97 Å². The molecule has 1 amide bonds. The number of aromatic nitrogens is 2. The summed E-state index contributed by atoms with van der Waals surface area (Å²) >= 11 is 1.65. The van der Waals surface area contributed by atoms with Gasteiger partial charge in [-0.15, -0.1) is 11.3 Å². The SMILES string of the molecule is O=C(NCCc1nc2ccccc2s1)c1ncoc1C1CCCO1. The Labute approximate surface area is 142 Å². The first-order valence-electron chi connectivity index (χ1n) is 7.99. The van der Waals surface area contributed by atoms with Crippen molar-refractivity contribution >= 4 is 27.5 Å². The second-order valence-electron chi connectivity index (χ2n) is 5.65. The average molecular weight is 343 g/mol. The molecule has 1 fully saturated rings. The Balaban J connectivity index is 1.37. The quantitative estimate of drug-likeness (QED) is 0.770. The fraction of sp³-hybridized carbons (Fsp3) is 0.353. The van der Waals surface area contributed by atoms with Gasteiger partial charge in [0.25, 0.3) is 5.91 Å². The smallest absolute Gasteiger partial charge is 0.273 e. The number of carbonyl (C=O) groups excluding carboxylic acids is 1. The normalized spacial score (nSPS) is 17.4. The van der Waals surface area contributed by atoms with E-state index >= 15 is 0 Å². The molecule has 3 heterocycles. The Kier molecular flexibility index (Phi) is 4.27. The van der Waals surface area contributed by atoms with Crippen LogP contribution in [0.3, 0.4) is 0 Å². The van der Waals surface area contributed by atoms with Gasteiger partial charge in [0.05, 0.1) is 15.2 Å². The van der Waals surface area contributed by atoms with E-state index in [9.17, 15) is 4.79 Å². The van der Waals surface area contributed by atoms with E-state index in [2.05, 4.69) is 21.4 Å². The Morgan fingerprint density at radius 1 is 1.38 bits per heavy atom. The first kappa shape index (κ1) is 15.3. The molecule has 6 nitrogen and oxygen atoms in total. The molecule has 0 bridgehead atoms. The molecule has 1 aliphatic heterocycles. The number of hydrogen-bond acceptors (Lipinski definition) is 6. The first-order valence-corrected chi connectivity index (χ1v) is 8.80. The number of benzene rings is 1. The fourth-order valence-corrected chi connectivity index (χ4v) is 3.80. The largest absolute Gasteiger partial charge is 0.445 e. The topological polar surface area (TPSA) is 77.3 Å². The molecule has 0 radical (unpaired) electrons. The van der Waals surface area contributed by atoms with Crippen molar-refractivity contribution in [3.8, 4) is 0 Å². The molecule has 7 heteroatoms. The third-order valence-corrected chi connectivity index (χ3v) is 5.09. The van der Waals surface area contributed by atoms with Crippen molar-refractivity contribution in [3.05, 3.63) is 47.1 Å². The third kappa shape index (κ3) is 3.05. The maximum atomic E-state index is 12.3. The summed E-state index contributed by atoms with van der Waals surface area (Å²) in [4.78, 5) is 21.0. The van der Waals surface area contributed by atoms with E-state index < -0.39 is 0 Å². The lowest BCUT2D eigenvalue weighted by atomic mass is 10.1. The number of thiazole rings is 1. The highest BCUT2D eigenvalue weighted by Gasteiger charge is 2.27. The summed E-state index contributed by atoms with van der Waals surface area (Å²) in [5.74, 6) is 0.306. The molecule has 1 saturated heterocycles. The predicted octanol–water partition coefficient (Wildman–Crippen LogP) is 3.11. The van der Waals surface area contributed by atoms with Gasteiger partial charge in [-0.1, -0.05) is 12.1 Å². The van der Waals surface area contributed by atoms with E-state index in [4.69, 9.17) is 9.15 Å². The summed E-state index contributed by atoms with van der Waals surface area (Å²) in [5, 5.41) is 3.90. The van der Waals surface area contributed by atoms with Crippen molar-refractivity contribution in [2.24, 2.45) is 0 Å². The highest BCUT2D eigenvalue weighted by Crippen LogP contribution is 2.30. The summed E-state index contributed by atoms with van der Waals surface area (Å²) < 4.78 is 12.1. The highest BCUT2D eigenvalue weighted by atomic mass is 32.1. The van der Waals surface area contributed by atoms with Crippen molar-refractivity contribution in [1.82, 2.24) is 15.3 Å². The van der Waals surface area contributed by atoms with E-state index in [1.807, 2.05) is 18.2 Å². The summed E-state index contributed by atoms with van der Waals surface area (Å²) in [5.41, 5.74) is 1.33. The van der Waals surface area contributed by atoms with Crippen LogP contribution in [-0.2, 0) is 11.2 Å². The molecule has 124 valence electrons. The number of carbonyl (C=O) groups is 1. The number of amides is 1. The van der Waals surface area contributed by atoms with Crippen LogP contribution in [0.1, 0.15) is 40.2 Å². The van der Waals surface area contributed by atoms with Crippen LogP contribution in [0.4, 0.5) is 0 Å². The summed E-state index contributed by atoms with van der Waals surface area (Å²) in [6, 6.07) is 8.03. The second-order valence-corrected chi connectivity index (χ2v) is 6.76. The van der Waals surface area contributed by atoms with Crippen molar-refractivity contribution in [2.45, 2.75) is 25.4 Å². The molecule has 3 aromatic rings. The van der Waals surface area contributed by atoms with E-state index in [1.165, 1.54) is 6.39 Å². The van der Waals surface area contributed by atoms with Gasteiger partial charge >= 0.3 is 0 Å². The molecule has 0 saturated carbocycles. The van der Waals surface area contributed by atoms with Crippen molar-refractivity contribution in [2.75, 3.05) is 13.2 Å². The van der Waals surface area contributed by atoms with Gasteiger partial charge in [0, 0.05) is 19.6 Å². The molecule has 0 spiro atoms. The molecule has 24 heavy (non-hydrogen) atoms. The first-order chi connectivity index (χ1) is 11.8. The maximum Gasteiger partial charge on any atom is 0.273 e. The van der Waals surface area contributed by atoms with Crippen molar-refractivity contribution < 1.29 is 13.9 Å². The molecule has 2 aromatic heterocycles. The number of hydrogen-bond donors (Lipinski definition) is 1. The Bertz CT molecular complexity index is 819. The van der Waals surface area contributed by atoms with Crippen LogP contribution >= 0.6 is 11.3 Å². The van der Waals surface area contributed by atoms with Gasteiger partial charge in [-0.2, -0.15) is 0 Å². The van der Waals surface area contributed by atoms with Gasteiger partial charge in [-0.3, -0.25) is 4.79 Å². The molecule has 1 unspecified atom stereocenters. The number of rotatable bonds is 5. The minimum atomic E-state index is -0.227. The minimum Gasteiger partial charge on any atom is -0.445 e. The van der Waals surface area contributed by atoms with E-state index in [1.54, 1.807) is 11.3 Å². The number of fused-ring (bicyclic) bond motifs is 1. The number of ether oxygens (including phenoxy) is 1. The third-order valence-electron chi connectivity index (χ3n) is 3.99. The van der Waals surface area contributed by atoms with Crippen LogP contribution in [-0.4, -0.2) is 29.0 Å². The Morgan fingerprint density at radius 3 is 3.12 bits per heavy atom. The van der Waals surface area contributed by atoms with Crippen LogP contribution in [0, 0.1) is 0 Å². The van der Waals surface area contributed by atoms with Gasteiger partial charge in [0.1, 0.15) is 6.10 Å². The standard InChI is InChI=1S/C17H17N3O3S/c21-17(15-16(23-10-19-15)12-5-3-9-22-12)18-8-7-14-20-11-4-1-2-6-13(11)24-14/h1-2,4,6,10,12H,3,5,7-9H2,(H,18,21). The number of nitrogens with one attached hydrogen (secondary N) is 1. The lowest BCUT2D eigenvalue weighted by Crippen LogP contribution is -2.27. The second kappa shape index (κ2) is 6.70. The fourth-order valence-electron chi connectivity index (χ4n) is 2.83. The summed E-state index contributed by atoms with van der Waals surface area (Å²) in [6.07, 6.45) is 3.68. The number of nitrogens with zero attached hydrogens (tertiary/aromatic N) is 2. The molecular weight excluding hydrogens is 326 g/mol. The van der Waals surface area contributed by atoms with E-state index in [0.717, 1.165) is 28.1 Å². The zero-order valence-corrected chi connectivity index (χ0v) is 13.8. The molecule has 0 aliphatic carbocycles. The number of para-hydroxylation sites is 1. The van der Waals surface area contributed by atoms with Gasteiger partial charge in [0.2, 0.25) is 0 Å². The molecule has 1 N–H and O–H groups in total. The van der Waals surface area contributed by atoms with Crippen molar-refractivity contribution in [1.29, 1.82) is 0 Å². The van der Waals surface area contributed by atoms with Gasteiger partial charge in [0.15, 0.2) is 17.8 Å². The Hall–Kier alpha value is -2.25. The van der Waals surface area contributed by atoms with Crippen LogP contribution < -0.4 is 5.32 Å². The number of oxazole rings is 1. The predicted molar refractivity (Wildman–Crippen MR) is 90.1 cm³/mol. The lowest BCUT2D eigenvalue weighted by Gasteiger charge is -2.08. The van der Waals surface area contributed by atoms with Crippen LogP contribution in [0.15, 0.2) is 35.1 Å². The zero-order chi connectivity index (χ0) is 16.4. The maximum absolute atomic E-state index is 12.3. The molecular formula is C17H17N3O3S. The molecule has 1 aliphatic rings.